The number of carbonyl (C=O) groups excluding carboxylic acids is 1. The second-order valence-electron chi connectivity index (χ2n) is 4.34. The smallest absolute Gasteiger partial charge is 0.223 e. The van der Waals surface area contributed by atoms with E-state index in [-0.39, 0.29) is 5.91 Å². The third kappa shape index (κ3) is 2.34. The fourth-order valence-electron chi connectivity index (χ4n) is 2.13. The molecule has 0 fully saturated rings. The van der Waals surface area contributed by atoms with Crippen molar-refractivity contribution >= 4 is 21.4 Å². The summed E-state index contributed by atoms with van der Waals surface area (Å²) in [6.07, 6.45) is 2.89. The van der Waals surface area contributed by atoms with E-state index in [2.05, 4.69) is 0 Å². The topological polar surface area (TPSA) is 54.5 Å². The molecule has 1 aromatic rings. The summed E-state index contributed by atoms with van der Waals surface area (Å²) in [7, 11) is -3.18. The monoisotopic (exact) mass is 253 g/mol. The lowest BCUT2D eigenvalue weighted by Crippen LogP contribution is -2.33. The van der Waals surface area contributed by atoms with Gasteiger partial charge in [0.2, 0.25) is 5.91 Å². The molecule has 5 heteroatoms. The molecular formula is C12H15NO3S. The third-order valence-electron chi connectivity index (χ3n) is 2.98. The molecule has 0 aliphatic carbocycles. The van der Waals surface area contributed by atoms with Crippen LogP contribution in [-0.2, 0) is 21.1 Å². The molecule has 92 valence electrons. The predicted octanol–water partition coefficient (Wildman–Crippen LogP) is 1.39. The van der Waals surface area contributed by atoms with Gasteiger partial charge in [0, 0.05) is 25.4 Å². The van der Waals surface area contributed by atoms with Crippen molar-refractivity contribution in [1.82, 2.24) is 0 Å². The van der Waals surface area contributed by atoms with E-state index in [1.54, 1.807) is 23.1 Å². The molecule has 1 aromatic carbocycles. The van der Waals surface area contributed by atoms with E-state index in [0.29, 0.717) is 11.4 Å². The molecule has 0 bridgehead atoms. The number of amides is 1. The molecule has 17 heavy (non-hydrogen) atoms. The summed E-state index contributed by atoms with van der Waals surface area (Å²) in [4.78, 5) is 13.5. The molecule has 0 aromatic heterocycles. The molecule has 0 atom stereocenters. The van der Waals surface area contributed by atoms with E-state index in [9.17, 15) is 13.2 Å². The lowest BCUT2D eigenvalue weighted by atomic mass is 10.0. The van der Waals surface area contributed by atoms with Gasteiger partial charge in [0.15, 0.2) is 9.84 Å². The van der Waals surface area contributed by atoms with Crippen molar-refractivity contribution in [2.24, 2.45) is 0 Å². The fraction of sp³-hybridized carbons (Fsp3) is 0.417. The Balaban J connectivity index is 2.51. The quantitative estimate of drug-likeness (QED) is 0.760. The minimum atomic E-state index is -3.18. The number of anilines is 1. The number of benzene rings is 1. The zero-order chi connectivity index (χ0) is 12.6. The molecule has 4 nitrogen and oxygen atoms in total. The van der Waals surface area contributed by atoms with Crippen molar-refractivity contribution in [3.05, 3.63) is 23.8 Å². The SMILES string of the molecule is CC(=O)N1CCCc2cc(S(C)(=O)=O)ccc21. The molecule has 0 unspecified atom stereocenters. The first-order chi connectivity index (χ1) is 7.89. The van der Waals surface area contributed by atoms with Crippen LogP contribution in [0, 0.1) is 0 Å². The van der Waals surface area contributed by atoms with Gasteiger partial charge in [-0.25, -0.2) is 8.42 Å². The highest BCUT2D eigenvalue weighted by Gasteiger charge is 2.21. The second-order valence-corrected chi connectivity index (χ2v) is 6.35. The second kappa shape index (κ2) is 4.14. The zero-order valence-corrected chi connectivity index (χ0v) is 10.8. The highest BCUT2D eigenvalue weighted by molar-refractivity contribution is 7.90. The summed E-state index contributed by atoms with van der Waals surface area (Å²) in [6.45, 7) is 2.24. The van der Waals surface area contributed by atoms with Crippen molar-refractivity contribution in [3.8, 4) is 0 Å². The standard InChI is InChI=1S/C12H15NO3S/c1-9(14)13-7-3-4-10-8-11(17(2,15)16)5-6-12(10)13/h5-6,8H,3-4,7H2,1-2H3. The fourth-order valence-corrected chi connectivity index (χ4v) is 2.80. The number of aryl methyl sites for hydroxylation is 1. The molecule has 1 aliphatic rings. The van der Waals surface area contributed by atoms with Crippen molar-refractivity contribution in [1.29, 1.82) is 0 Å². The summed E-state index contributed by atoms with van der Waals surface area (Å²) in [5.74, 6) is -0.00180. The molecule has 0 spiro atoms. The Bertz CT molecular complexity index is 563. The predicted molar refractivity (Wildman–Crippen MR) is 65.9 cm³/mol. The van der Waals surface area contributed by atoms with E-state index >= 15 is 0 Å². The maximum Gasteiger partial charge on any atom is 0.223 e. The summed E-state index contributed by atoms with van der Waals surface area (Å²) < 4.78 is 22.9. The maximum absolute atomic E-state index is 11.5. The van der Waals surface area contributed by atoms with E-state index in [0.717, 1.165) is 24.1 Å². The molecule has 0 N–H and O–H groups in total. The van der Waals surface area contributed by atoms with Crippen LogP contribution in [-0.4, -0.2) is 27.1 Å². The zero-order valence-electron chi connectivity index (χ0n) is 9.93. The van der Waals surface area contributed by atoms with E-state index < -0.39 is 9.84 Å². The maximum atomic E-state index is 11.5. The van der Waals surface area contributed by atoms with Gasteiger partial charge in [0.05, 0.1) is 4.90 Å². The van der Waals surface area contributed by atoms with Gasteiger partial charge in [-0.15, -0.1) is 0 Å². The number of nitrogens with zero attached hydrogens (tertiary/aromatic N) is 1. The molecule has 1 heterocycles. The number of hydrogen-bond donors (Lipinski definition) is 0. The summed E-state index contributed by atoms with van der Waals surface area (Å²) in [6, 6.07) is 4.97. The van der Waals surface area contributed by atoms with Crippen molar-refractivity contribution in [3.63, 3.8) is 0 Å². The Hall–Kier alpha value is -1.36. The van der Waals surface area contributed by atoms with Crippen LogP contribution in [0.25, 0.3) is 0 Å². The van der Waals surface area contributed by atoms with Crippen LogP contribution in [0.3, 0.4) is 0 Å². The number of rotatable bonds is 1. The van der Waals surface area contributed by atoms with Gasteiger partial charge in [0.1, 0.15) is 0 Å². The van der Waals surface area contributed by atoms with Gasteiger partial charge in [-0.05, 0) is 36.6 Å². The van der Waals surface area contributed by atoms with Crippen molar-refractivity contribution < 1.29 is 13.2 Å². The number of hydrogen-bond acceptors (Lipinski definition) is 3. The third-order valence-corrected chi connectivity index (χ3v) is 4.09. The van der Waals surface area contributed by atoms with E-state index in [1.807, 2.05) is 0 Å². The summed E-state index contributed by atoms with van der Waals surface area (Å²) in [5, 5.41) is 0. The minimum absolute atomic E-state index is 0.00180. The Morgan fingerprint density at radius 3 is 2.65 bits per heavy atom. The molecule has 1 aliphatic heterocycles. The average Bonchev–Trinajstić information content (AvgIpc) is 2.26. The molecule has 1 amide bonds. The van der Waals surface area contributed by atoms with Crippen LogP contribution >= 0.6 is 0 Å². The molecule has 2 rings (SSSR count). The van der Waals surface area contributed by atoms with Crippen LogP contribution in [0.15, 0.2) is 23.1 Å². The number of fused-ring (bicyclic) bond motifs is 1. The largest absolute Gasteiger partial charge is 0.312 e. The lowest BCUT2D eigenvalue weighted by Gasteiger charge is -2.28. The first-order valence-corrected chi connectivity index (χ1v) is 7.40. The summed E-state index contributed by atoms with van der Waals surface area (Å²) >= 11 is 0. The molecule has 0 radical (unpaired) electrons. The van der Waals surface area contributed by atoms with E-state index in [1.165, 1.54) is 13.2 Å². The van der Waals surface area contributed by atoms with Crippen LogP contribution in [0.1, 0.15) is 18.9 Å². The van der Waals surface area contributed by atoms with Crippen LogP contribution in [0.4, 0.5) is 5.69 Å². The van der Waals surface area contributed by atoms with Gasteiger partial charge >= 0.3 is 0 Å². The molecule has 0 saturated carbocycles. The van der Waals surface area contributed by atoms with Gasteiger partial charge in [-0.2, -0.15) is 0 Å². The average molecular weight is 253 g/mol. The lowest BCUT2D eigenvalue weighted by molar-refractivity contribution is -0.116. The van der Waals surface area contributed by atoms with Gasteiger partial charge in [-0.1, -0.05) is 0 Å². The van der Waals surface area contributed by atoms with Crippen LogP contribution in [0.5, 0.6) is 0 Å². The van der Waals surface area contributed by atoms with Crippen molar-refractivity contribution in [2.75, 3.05) is 17.7 Å². The number of carbonyl (C=O) groups is 1. The first-order valence-electron chi connectivity index (χ1n) is 5.50. The summed E-state index contributed by atoms with van der Waals surface area (Å²) in [5.41, 5.74) is 1.78. The highest BCUT2D eigenvalue weighted by Crippen LogP contribution is 2.29. The normalized spacial score (nSPS) is 15.5. The van der Waals surface area contributed by atoms with Crippen LogP contribution in [0.2, 0.25) is 0 Å². The van der Waals surface area contributed by atoms with Crippen molar-refractivity contribution in [2.45, 2.75) is 24.7 Å². The number of sulfone groups is 1. The first kappa shape index (κ1) is 12.1. The minimum Gasteiger partial charge on any atom is -0.312 e. The van der Waals surface area contributed by atoms with Gasteiger partial charge in [-0.3, -0.25) is 4.79 Å². The Labute approximate surface area is 101 Å². The van der Waals surface area contributed by atoms with Crippen LogP contribution < -0.4 is 4.90 Å². The van der Waals surface area contributed by atoms with Gasteiger partial charge < -0.3 is 4.90 Å². The van der Waals surface area contributed by atoms with E-state index in [4.69, 9.17) is 0 Å². The molecule has 0 saturated heterocycles. The molecular weight excluding hydrogens is 238 g/mol. The Morgan fingerprint density at radius 1 is 1.35 bits per heavy atom. The Morgan fingerprint density at radius 2 is 2.06 bits per heavy atom. The van der Waals surface area contributed by atoms with Gasteiger partial charge in [0.25, 0.3) is 0 Å². The highest BCUT2D eigenvalue weighted by atomic mass is 32.2. The Kier molecular flexibility index (Phi) is 2.95.